The third-order valence-electron chi connectivity index (χ3n) is 2.42. The average molecular weight is 288 g/mol. The molecule has 0 saturated heterocycles. The Hall–Kier alpha value is -0.940. The Morgan fingerprint density at radius 1 is 1.62 bits per heavy atom. The van der Waals surface area contributed by atoms with Crippen molar-refractivity contribution in [3.05, 3.63) is 28.5 Å². The number of aliphatic hydroxyl groups is 1. The van der Waals surface area contributed by atoms with Crippen molar-refractivity contribution in [3.8, 4) is 0 Å². The lowest BCUT2D eigenvalue weighted by molar-refractivity contribution is -0.157. The van der Waals surface area contributed by atoms with Gasteiger partial charge in [-0.15, -0.1) is 0 Å². The topological polar surface area (TPSA) is 59.4 Å². The van der Waals surface area contributed by atoms with Gasteiger partial charge in [-0.3, -0.25) is 9.78 Å². The summed E-state index contributed by atoms with van der Waals surface area (Å²) in [5.74, 6) is -0.471. The molecule has 4 nitrogen and oxygen atoms in total. The van der Waals surface area contributed by atoms with Crippen LogP contribution in [0.25, 0.3) is 0 Å². The molecule has 0 aliphatic heterocycles. The van der Waals surface area contributed by atoms with Gasteiger partial charge in [-0.2, -0.15) is 0 Å². The molecule has 1 N–H and O–H groups in total. The van der Waals surface area contributed by atoms with E-state index in [-0.39, 0.29) is 0 Å². The van der Waals surface area contributed by atoms with Gasteiger partial charge in [0.05, 0.1) is 18.2 Å². The first kappa shape index (κ1) is 13.1. The molecule has 0 radical (unpaired) electrons. The molecule has 0 saturated carbocycles. The number of pyridine rings is 1. The Morgan fingerprint density at radius 3 is 2.75 bits per heavy atom. The Morgan fingerprint density at radius 2 is 2.25 bits per heavy atom. The largest absolute Gasteiger partial charge is 0.469 e. The van der Waals surface area contributed by atoms with E-state index in [9.17, 15) is 9.90 Å². The fourth-order valence-electron chi connectivity index (χ4n) is 1.32. The Balaban J connectivity index is 3.01. The van der Waals surface area contributed by atoms with E-state index in [1.54, 1.807) is 32.2 Å². The van der Waals surface area contributed by atoms with Crippen molar-refractivity contribution in [2.24, 2.45) is 5.41 Å². The normalized spacial score (nSPS) is 13.3. The van der Waals surface area contributed by atoms with Crippen LogP contribution in [0.5, 0.6) is 0 Å². The number of hydrogen-bond acceptors (Lipinski definition) is 4. The first-order chi connectivity index (χ1) is 7.39. The minimum atomic E-state index is -1.03. The lowest BCUT2D eigenvalue weighted by Crippen LogP contribution is -2.33. The maximum Gasteiger partial charge on any atom is 0.314 e. The number of nitrogens with zero attached hydrogens (tertiary/aromatic N) is 1. The summed E-state index contributed by atoms with van der Waals surface area (Å²) in [5, 5.41) is 10.1. The summed E-state index contributed by atoms with van der Waals surface area (Å²) in [7, 11) is 1.30. The monoisotopic (exact) mass is 287 g/mol. The Labute approximate surface area is 103 Å². The molecule has 0 aliphatic carbocycles. The molecule has 1 atom stereocenters. The van der Waals surface area contributed by atoms with E-state index in [4.69, 9.17) is 0 Å². The van der Waals surface area contributed by atoms with Crippen LogP contribution in [0.3, 0.4) is 0 Å². The fraction of sp³-hybridized carbons (Fsp3) is 0.455. The van der Waals surface area contributed by atoms with Gasteiger partial charge in [-0.1, -0.05) is 15.9 Å². The highest BCUT2D eigenvalue weighted by molar-refractivity contribution is 9.10. The molecule has 1 aromatic rings. The number of methoxy groups -OCH3 is 1. The lowest BCUT2D eigenvalue weighted by Gasteiger charge is -2.27. The molecule has 1 aromatic heterocycles. The van der Waals surface area contributed by atoms with Crippen LogP contribution in [0.15, 0.2) is 22.8 Å². The quantitative estimate of drug-likeness (QED) is 0.865. The highest BCUT2D eigenvalue weighted by atomic mass is 79.9. The number of aliphatic hydroxyl groups excluding tert-OH is 1. The number of carbonyl (C=O) groups excluding carboxylic acids is 1. The Kier molecular flexibility index (Phi) is 4.04. The van der Waals surface area contributed by atoms with Crippen molar-refractivity contribution in [3.63, 3.8) is 0 Å². The summed E-state index contributed by atoms with van der Waals surface area (Å²) in [6.07, 6.45) is 0.563. The predicted octanol–water partition coefficient (Wildman–Crippen LogP) is 2.08. The molecule has 88 valence electrons. The number of halogens is 1. The van der Waals surface area contributed by atoms with Crippen molar-refractivity contribution in [2.45, 2.75) is 20.0 Å². The van der Waals surface area contributed by atoms with E-state index in [0.717, 1.165) is 4.47 Å². The second kappa shape index (κ2) is 4.93. The summed E-state index contributed by atoms with van der Waals surface area (Å²) in [5.41, 5.74) is -0.590. The number of ether oxygens (including phenoxy) is 1. The van der Waals surface area contributed by atoms with E-state index in [0.29, 0.717) is 5.69 Å². The van der Waals surface area contributed by atoms with Crippen molar-refractivity contribution in [2.75, 3.05) is 7.11 Å². The summed E-state index contributed by atoms with van der Waals surface area (Å²) in [6.45, 7) is 3.23. The SMILES string of the molecule is COC(=O)C(C)(C)C(O)c1cc(Br)ccn1. The molecule has 0 bridgehead atoms. The van der Waals surface area contributed by atoms with Gasteiger partial charge in [0.25, 0.3) is 0 Å². The molecule has 0 amide bonds. The van der Waals surface area contributed by atoms with Gasteiger partial charge in [-0.05, 0) is 26.0 Å². The molecular weight excluding hydrogens is 274 g/mol. The third-order valence-corrected chi connectivity index (χ3v) is 2.91. The summed E-state index contributed by atoms with van der Waals surface area (Å²) < 4.78 is 5.45. The van der Waals surface area contributed by atoms with Gasteiger partial charge in [-0.25, -0.2) is 0 Å². The number of rotatable bonds is 3. The maximum absolute atomic E-state index is 11.5. The van der Waals surface area contributed by atoms with Gasteiger partial charge in [0.15, 0.2) is 0 Å². The van der Waals surface area contributed by atoms with Crippen LogP contribution >= 0.6 is 15.9 Å². The van der Waals surface area contributed by atoms with Crippen molar-refractivity contribution >= 4 is 21.9 Å². The third kappa shape index (κ3) is 2.59. The minimum Gasteiger partial charge on any atom is -0.469 e. The standard InChI is InChI=1S/C11H14BrNO3/c1-11(2,10(15)16-3)9(14)8-6-7(12)4-5-13-8/h4-6,9,14H,1-3H3. The second-order valence-electron chi connectivity index (χ2n) is 4.01. The van der Waals surface area contributed by atoms with Crippen LogP contribution in [0, 0.1) is 5.41 Å². The van der Waals surface area contributed by atoms with Crippen molar-refractivity contribution < 1.29 is 14.6 Å². The molecule has 1 unspecified atom stereocenters. The van der Waals surface area contributed by atoms with Gasteiger partial charge in [0, 0.05) is 10.7 Å². The molecule has 16 heavy (non-hydrogen) atoms. The number of hydrogen-bond donors (Lipinski definition) is 1. The van der Waals surface area contributed by atoms with Gasteiger partial charge in [0.1, 0.15) is 6.10 Å². The van der Waals surface area contributed by atoms with Crippen LogP contribution in [-0.4, -0.2) is 23.2 Å². The van der Waals surface area contributed by atoms with Gasteiger partial charge < -0.3 is 9.84 Å². The van der Waals surface area contributed by atoms with E-state index >= 15 is 0 Å². The summed E-state index contributed by atoms with van der Waals surface area (Å²) >= 11 is 3.28. The zero-order valence-corrected chi connectivity index (χ0v) is 11.0. The van der Waals surface area contributed by atoms with Crippen LogP contribution in [0.1, 0.15) is 25.6 Å². The number of esters is 1. The Bertz CT molecular complexity index is 393. The van der Waals surface area contributed by atoms with E-state index in [1.165, 1.54) is 7.11 Å². The summed E-state index contributed by atoms with van der Waals surface area (Å²) in [4.78, 5) is 15.5. The lowest BCUT2D eigenvalue weighted by atomic mass is 9.84. The molecule has 1 rings (SSSR count). The molecule has 0 aromatic carbocycles. The second-order valence-corrected chi connectivity index (χ2v) is 4.93. The smallest absolute Gasteiger partial charge is 0.314 e. The van der Waals surface area contributed by atoms with Crippen LogP contribution in [-0.2, 0) is 9.53 Å². The van der Waals surface area contributed by atoms with E-state index in [1.807, 2.05) is 0 Å². The first-order valence-corrected chi connectivity index (χ1v) is 5.57. The fourth-order valence-corrected chi connectivity index (χ4v) is 1.67. The zero-order valence-electron chi connectivity index (χ0n) is 9.40. The van der Waals surface area contributed by atoms with E-state index in [2.05, 4.69) is 25.7 Å². The molecule has 0 aliphatic rings. The highest BCUT2D eigenvalue weighted by Gasteiger charge is 2.38. The predicted molar refractivity (Wildman–Crippen MR) is 62.7 cm³/mol. The molecule has 0 spiro atoms. The van der Waals surface area contributed by atoms with Gasteiger partial charge >= 0.3 is 5.97 Å². The molecule has 0 fully saturated rings. The molecular formula is C11H14BrNO3. The highest BCUT2D eigenvalue weighted by Crippen LogP contribution is 2.34. The average Bonchev–Trinajstić information content (AvgIpc) is 2.26. The molecule has 5 heteroatoms. The van der Waals surface area contributed by atoms with Crippen LogP contribution in [0.2, 0.25) is 0 Å². The number of carbonyl (C=O) groups is 1. The summed E-state index contributed by atoms with van der Waals surface area (Å²) in [6, 6.07) is 3.43. The van der Waals surface area contributed by atoms with Crippen LogP contribution in [0.4, 0.5) is 0 Å². The van der Waals surface area contributed by atoms with Crippen molar-refractivity contribution in [1.82, 2.24) is 4.98 Å². The first-order valence-electron chi connectivity index (χ1n) is 4.77. The number of aromatic nitrogens is 1. The van der Waals surface area contributed by atoms with Gasteiger partial charge in [0.2, 0.25) is 0 Å². The maximum atomic E-state index is 11.5. The van der Waals surface area contributed by atoms with Crippen molar-refractivity contribution in [1.29, 1.82) is 0 Å². The zero-order chi connectivity index (χ0) is 12.3. The van der Waals surface area contributed by atoms with E-state index < -0.39 is 17.5 Å². The van der Waals surface area contributed by atoms with Crippen LogP contribution < -0.4 is 0 Å². The minimum absolute atomic E-state index is 0.435. The molecule has 1 heterocycles.